The normalized spacial score (nSPS) is 16.0. The van der Waals surface area contributed by atoms with E-state index < -0.39 is 6.10 Å². The fraction of sp³-hybridized carbons (Fsp3) is 0.321. The van der Waals surface area contributed by atoms with E-state index in [0.29, 0.717) is 31.1 Å². The fourth-order valence-electron chi connectivity index (χ4n) is 4.09. The highest BCUT2D eigenvalue weighted by Gasteiger charge is 2.26. The van der Waals surface area contributed by atoms with Gasteiger partial charge in [-0.25, -0.2) is 0 Å². The molecule has 184 valence electrons. The largest absolute Gasteiger partial charge is 0.491 e. The second-order valence-corrected chi connectivity index (χ2v) is 9.45. The Kier molecular flexibility index (Phi) is 8.64. The topological polar surface area (TPSA) is 57.5 Å². The average Bonchev–Trinajstić information content (AvgIpc) is 3.32. The molecular formula is C28H32ClN3O3. The van der Waals surface area contributed by atoms with E-state index in [1.165, 1.54) is 0 Å². The van der Waals surface area contributed by atoms with Crippen LogP contribution in [0.2, 0.25) is 5.02 Å². The zero-order valence-corrected chi connectivity index (χ0v) is 20.9. The number of aliphatic hydroxyl groups is 1. The molecule has 4 rings (SSSR count). The van der Waals surface area contributed by atoms with Crippen molar-refractivity contribution in [3.63, 3.8) is 0 Å². The number of oxime groups is 1. The van der Waals surface area contributed by atoms with Crippen molar-refractivity contribution in [3.8, 4) is 5.75 Å². The number of para-hydroxylation sites is 1. The lowest BCUT2D eigenvalue weighted by atomic mass is 10.0. The Labute approximate surface area is 212 Å². The number of hydrogen-bond acceptors (Lipinski definition) is 6. The van der Waals surface area contributed by atoms with Gasteiger partial charge in [0.2, 0.25) is 0 Å². The Morgan fingerprint density at radius 3 is 2.54 bits per heavy atom. The Balaban J connectivity index is 1.37. The van der Waals surface area contributed by atoms with E-state index in [2.05, 4.69) is 39.2 Å². The van der Waals surface area contributed by atoms with Gasteiger partial charge in [0, 0.05) is 50.9 Å². The van der Waals surface area contributed by atoms with E-state index in [1.54, 1.807) is 0 Å². The summed E-state index contributed by atoms with van der Waals surface area (Å²) < 4.78 is 5.75. The van der Waals surface area contributed by atoms with Gasteiger partial charge in [-0.05, 0) is 47.5 Å². The molecular weight excluding hydrogens is 462 g/mol. The lowest BCUT2D eigenvalue weighted by molar-refractivity contribution is 0.0213. The van der Waals surface area contributed by atoms with Gasteiger partial charge in [0.05, 0.1) is 5.71 Å². The number of anilines is 1. The minimum absolute atomic E-state index is 0.0973. The monoisotopic (exact) mass is 493 g/mol. The number of aliphatic hydroxyl groups excluding tert-OH is 1. The first-order valence-corrected chi connectivity index (χ1v) is 12.2. The maximum absolute atomic E-state index is 10.7. The molecule has 0 saturated heterocycles. The Hall–Kier alpha value is -3.06. The summed E-state index contributed by atoms with van der Waals surface area (Å²) >= 11 is 6.21. The molecule has 3 aromatic carbocycles. The summed E-state index contributed by atoms with van der Waals surface area (Å²) in [5.41, 5.74) is 4.23. The highest BCUT2D eigenvalue weighted by Crippen LogP contribution is 2.21. The van der Waals surface area contributed by atoms with Crippen molar-refractivity contribution in [1.29, 1.82) is 0 Å². The van der Waals surface area contributed by atoms with Gasteiger partial charge in [0.25, 0.3) is 0 Å². The maximum atomic E-state index is 10.7. The van der Waals surface area contributed by atoms with Crippen LogP contribution in [0.4, 0.5) is 5.69 Å². The van der Waals surface area contributed by atoms with E-state index in [4.69, 9.17) is 21.2 Å². The molecule has 1 aliphatic heterocycles. The van der Waals surface area contributed by atoms with E-state index in [9.17, 15) is 5.11 Å². The maximum Gasteiger partial charge on any atom is 0.145 e. The van der Waals surface area contributed by atoms with Gasteiger partial charge < -0.3 is 19.6 Å². The van der Waals surface area contributed by atoms with E-state index >= 15 is 0 Å². The summed E-state index contributed by atoms with van der Waals surface area (Å²) in [4.78, 5) is 10.0. The molecule has 0 radical (unpaired) electrons. The molecule has 6 nitrogen and oxygen atoms in total. The molecule has 0 bridgehead atoms. The van der Waals surface area contributed by atoms with Crippen LogP contribution < -0.4 is 9.64 Å². The van der Waals surface area contributed by atoms with Crippen LogP contribution >= 0.6 is 11.6 Å². The first-order chi connectivity index (χ1) is 17.0. The van der Waals surface area contributed by atoms with Crippen molar-refractivity contribution in [2.24, 2.45) is 5.16 Å². The second kappa shape index (κ2) is 12.1. The van der Waals surface area contributed by atoms with Crippen LogP contribution in [-0.2, 0) is 11.4 Å². The van der Waals surface area contributed by atoms with E-state index in [1.807, 2.05) is 68.7 Å². The van der Waals surface area contributed by atoms with Crippen LogP contribution in [0.5, 0.6) is 5.75 Å². The van der Waals surface area contributed by atoms with E-state index in [0.717, 1.165) is 28.3 Å². The van der Waals surface area contributed by atoms with Gasteiger partial charge in [-0.3, -0.25) is 4.90 Å². The summed E-state index contributed by atoms with van der Waals surface area (Å²) in [6, 6.07) is 25.6. The standard InChI is InChI=1S/C28H32ClN3O3/c1-31(2)24-13-11-22(12-14-24)28-16-27(35-30-28)19-32(17-21-7-6-8-23(29)15-21)18-25(33)20-34-26-9-4-3-5-10-26/h3-15,25,27,33H,16-20H2,1-2H3/t25-,27+/m1/s1. The molecule has 35 heavy (non-hydrogen) atoms. The Bertz CT molecular complexity index is 1110. The summed E-state index contributed by atoms with van der Waals surface area (Å²) in [5.74, 6) is 0.741. The van der Waals surface area contributed by atoms with Crippen molar-refractivity contribution in [3.05, 3.63) is 95.0 Å². The summed E-state index contributed by atoms with van der Waals surface area (Å²) in [6.45, 7) is 1.90. The zero-order chi connectivity index (χ0) is 24.6. The van der Waals surface area contributed by atoms with Crippen LogP contribution in [0.15, 0.2) is 84.0 Å². The lowest BCUT2D eigenvalue weighted by Crippen LogP contribution is -2.39. The minimum atomic E-state index is -0.658. The van der Waals surface area contributed by atoms with Crippen LogP contribution in [0.1, 0.15) is 17.5 Å². The number of rotatable bonds is 11. The first-order valence-electron chi connectivity index (χ1n) is 11.8. The third kappa shape index (κ3) is 7.46. The van der Waals surface area contributed by atoms with Crippen molar-refractivity contribution < 1.29 is 14.7 Å². The van der Waals surface area contributed by atoms with Crippen molar-refractivity contribution >= 4 is 23.0 Å². The van der Waals surface area contributed by atoms with Gasteiger partial charge in [-0.15, -0.1) is 0 Å². The summed E-state index contributed by atoms with van der Waals surface area (Å²) in [5, 5.41) is 15.8. The molecule has 3 aromatic rings. The molecule has 0 aliphatic carbocycles. The predicted molar refractivity (Wildman–Crippen MR) is 141 cm³/mol. The quantitative estimate of drug-likeness (QED) is 0.414. The van der Waals surface area contributed by atoms with Crippen LogP contribution in [0, 0.1) is 0 Å². The highest BCUT2D eigenvalue weighted by molar-refractivity contribution is 6.30. The SMILES string of the molecule is CN(C)c1ccc(C2=NO[C@H](CN(Cc3cccc(Cl)c3)C[C@@H](O)COc3ccccc3)C2)cc1. The highest BCUT2D eigenvalue weighted by atomic mass is 35.5. The van der Waals surface area contributed by atoms with Crippen molar-refractivity contribution in [1.82, 2.24) is 4.90 Å². The molecule has 0 saturated carbocycles. The predicted octanol–water partition coefficient (Wildman–Crippen LogP) is 4.84. The van der Waals surface area contributed by atoms with E-state index in [-0.39, 0.29) is 12.7 Å². The fourth-order valence-corrected chi connectivity index (χ4v) is 4.31. The van der Waals surface area contributed by atoms with Gasteiger partial charge in [0.15, 0.2) is 0 Å². The number of benzene rings is 3. The molecule has 0 unspecified atom stereocenters. The molecule has 7 heteroatoms. The summed E-state index contributed by atoms with van der Waals surface area (Å²) in [6.07, 6.45) is -0.0426. The number of halogens is 1. The zero-order valence-electron chi connectivity index (χ0n) is 20.2. The minimum Gasteiger partial charge on any atom is -0.491 e. The van der Waals surface area contributed by atoms with Crippen LogP contribution in [0.3, 0.4) is 0 Å². The second-order valence-electron chi connectivity index (χ2n) is 9.01. The van der Waals surface area contributed by atoms with Crippen LogP contribution in [-0.4, -0.2) is 61.7 Å². The number of hydrogen-bond donors (Lipinski definition) is 1. The third-order valence-corrected chi connectivity index (χ3v) is 6.10. The van der Waals surface area contributed by atoms with Crippen molar-refractivity contribution in [2.75, 3.05) is 38.7 Å². The number of ether oxygens (including phenoxy) is 1. The molecule has 1 heterocycles. The molecule has 0 amide bonds. The Morgan fingerprint density at radius 2 is 1.83 bits per heavy atom. The molecule has 2 atom stereocenters. The Morgan fingerprint density at radius 1 is 1.06 bits per heavy atom. The average molecular weight is 494 g/mol. The first kappa shape index (κ1) is 25.0. The molecule has 1 N–H and O–H groups in total. The molecule has 1 aliphatic rings. The van der Waals surface area contributed by atoms with Gasteiger partial charge >= 0.3 is 0 Å². The lowest BCUT2D eigenvalue weighted by Gasteiger charge is -2.27. The smallest absolute Gasteiger partial charge is 0.145 e. The van der Waals surface area contributed by atoms with Gasteiger partial charge in [-0.2, -0.15) is 0 Å². The third-order valence-electron chi connectivity index (χ3n) is 5.86. The molecule has 0 aromatic heterocycles. The molecule has 0 spiro atoms. The number of nitrogens with zero attached hydrogens (tertiary/aromatic N) is 3. The van der Waals surface area contributed by atoms with Gasteiger partial charge in [-0.1, -0.05) is 59.2 Å². The van der Waals surface area contributed by atoms with Gasteiger partial charge in [0.1, 0.15) is 24.6 Å². The molecule has 0 fully saturated rings. The van der Waals surface area contributed by atoms with Crippen molar-refractivity contribution in [2.45, 2.75) is 25.2 Å². The van der Waals surface area contributed by atoms with Crippen LogP contribution in [0.25, 0.3) is 0 Å². The summed E-state index contributed by atoms with van der Waals surface area (Å²) in [7, 11) is 4.05.